The minimum atomic E-state index is -0.548. The number of aryl methyl sites for hydroxylation is 1. The van der Waals surface area contributed by atoms with Crippen molar-refractivity contribution in [3.05, 3.63) is 59.4 Å². The van der Waals surface area contributed by atoms with Gasteiger partial charge in [-0.25, -0.2) is 4.39 Å². The van der Waals surface area contributed by atoms with Gasteiger partial charge in [0.2, 0.25) is 0 Å². The molecule has 2 aromatic carbocycles. The van der Waals surface area contributed by atoms with E-state index in [4.69, 9.17) is 15.2 Å². The van der Waals surface area contributed by atoms with Gasteiger partial charge in [-0.2, -0.15) is 0 Å². The Morgan fingerprint density at radius 3 is 2.55 bits per heavy atom. The molecule has 2 N–H and O–H groups in total. The molecule has 0 fully saturated rings. The van der Waals surface area contributed by atoms with Crippen molar-refractivity contribution in [2.75, 3.05) is 13.7 Å². The first kappa shape index (κ1) is 14.3. The van der Waals surface area contributed by atoms with Crippen molar-refractivity contribution in [1.29, 1.82) is 0 Å². The van der Waals surface area contributed by atoms with E-state index in [0.717, 1.165) is 5.56 Å². The van der Waals surface area contributed by atoms with Crippen molar-refractivity contribution >= 4 is 0 Å². The Balaban J connectivity index is 2.29. The lowest BCUT2D eigenvalue weighted by Gasteiger charge is -2.20. The zero-order chi connectivity index (χ0) is 14.5. The zero-order valence-corrected chi connectivity index (χ0v) is 11.6. The largest absolute Gasteiger partial charge is 0.493 e. The molecule has 1 atom stereocenters. The molecule has 0 saturated heterocycles. The number of nitrogens with two attached hydrogens (primary N) is 1. The Morgan fingerprint density at radius 2 is 1.90 bits per heavy atom. The smallest absolute Gasteiger partial charge is 0.162 e. The molecule has 4 heteroatoms. The fourth-order valence-corrected chi connectivity index (χ4v) is 2.00. The molecule has 0 radical (unpaired) electrons. The van der Waals surface area contributed by atoms with Crippen LogP contribution in [-0.4, -0.2) is 13.7 Å². The number of ether oxygens (including phenoxy) is 2. The molecule has 3 nitrogen and oxygen atoms in total. The van der Waals surface area contributed by atoms with Crippen molar-refractivity contribution in [1.82, 2.24) is 0 Å². The predicted octanol–water partition coefficient (Wildman–Crippen LogP) is 3.22. The summed E-state index contributed by atoms with van der Waals surface area (Å²) in [6.45, 7) is 2.14. The van der Waals surface area contributed by atoms with Crippen LogP contribution in [0.15, 0.2) is 42.5 Å². The van der Waals surface area contributed by atoms with Crippen LogP contribution in [0.5, 0.6) is 11.5 Å². The molecule has 0 amide bonds. The monoisotopic (exact) mass is 275 g/mol. The molecule has 20 heavy (non-hydrogen) atoms. The highest BCUT2D eigenvalue weighted by Gasteiger charge is 2.17. The maximum absolute atomic E-state index is 13.8. The Kier molecular flexibility index (Phi) is 4.58. The van der Waals surface area contributed by atoms with E-state index in [1.54, 1.807) is 31.4 Å². The molecule has 0 spiro atoms. The summed E-state index contributed by atoms with van der Waals surface area (Å²) >= 11 is 0. The van der Waals surface area contributed by atoms with E-state index in [0.29, 0.717) is 17.1 Å². The molecule has 0 heterocycles. The maximum atomic E-state index is 13.8. The Morgan fingerprint density at radius 1 is 1.15 bits per heavy atom. The van der Waals surface area contributed by atoms with Gasteiger partial charge in [-0.05, 0) is 30.7 Å². The van der Waals surface area contributed by atoms with Crippen LogP contribution in [0.2, 0.25) is 0 Å². The van der Waals surface area contributed by atoms with Crippen molar-refractivity contribution < 1.29 is 13.9 Å². The van der Waals surface area contributed by atoms with E-state index in [2.05, 4.69) is 0 Å². The minimum absolute atomic E-state index is 0.179. The average molecular weight is 275 g/mol. The van der Waals surface area contributed by atoms with Gasteiger partial charge >= 0.3 is 0 Å². The topological polar surface area (TPSA) is 44.5 Å². The lowest BCUT2D eigenvalue weighted by Crippen LogP contribution is -2.19. The van der Waals surface area contributed by atoms with Crippen LogP contribution >= 0.6 is 0 Å². The van der Waals surface area contributed by atoms with Crippen LogP contribution in [0.3, 0.4) is 0 Å². The normalized spacial score (nSPS) is 12.0. The number of rotatable bonds is 5. The summed E-state index contributed by atoms with van der Waals surface area (Å²) in [5.74, 6) is 0.839. The van der Waals surface area contributed by atoms with Gasteiger partial charge in [-0.15, -0.1) is 0 Å². The molecule has 0 aliphatic heterocycles. The van der Waals surface area contributed by atoms with Crippen LogP contribution in [0, 0.1) is 12.7 Å². The molecule has 0 aliphatic rings. The second kappa shape index (κ2) is 6.39. The number of halogens is 1. The fourth-order valence-electron chi connectivity index (χ4n) is 2.00. The highest BCUT2D eigenvalue weighted by atomic mass is 19.1. The van der Waals surface area contributed by atoms with E-state index in [9.17, 15) is 4.39 Å². The summed E-state index contributed by atoms with van der Waals surface area (Å²) in [5.41, 5.74) is 7.21. The zero-order valence-electron chi connectivity index (χ0n) is 11.6. The van der Waals surface area contributed by atoms with E-state index in [1.807, 2.05) is 19.1 Å². The number of benzene rings is 2. The standard InChI is InChI=1S/C16H18FNO2/c1-11-7-8-14(15(9-11)19-2)20-16(10-18)12-5-3-4-6-13(12)17/h3-9,16H,10,18H2,1-2H3. The van der Waals surface area contributed by atoms with Gasteiger partial charge < -0.3 is 15.2 Å². The summed E-state index contributed by atoms with van der Waals surface area (Å²) in [6, 6.07) is 12.0. The van der Waals surface area contributed by atoms with E-state index >= 15 is 0 Å². The lowest BCUT2D eigenvalue weighted by atomic mass is 10.1. The third-order valence-corrected chi connectivity index (χ3v) is 3.05. The predicted molar refractivity (Wildman–Crippen MR) is 76.6 cm³/mol. The third kappa shape index (κ3) is 3.08. The first-order chi connectivity index (χ1) is 9.65. The van der Waals surface area contributed by atoms with Gasteiger partial charge in [0.05, 0.1) is 7.11 Å². The quantitative estimate of drug-likeness (QED) is 0.911. The molecular formula is C16H18FNO2. The Labute approximate surface area is 118 Å². The molecule has 1 unspecified atom stereocenters. The van der Waals surface area contributed by atoms with Crippen LogP contribution < -0.4 is 15.2 Å². The minimum Gasteiger partial charge on any atom is -0.493 e. The maximum Gasteiger partial charge on any atom is 0.162 e. The Hall–Kier alpha value is -2.07. The van der Waals surface area contributed by atoms with E-state index in [1.165, 1.54) is 6.07 Å². The first-order valence-corrected chi connectivity index (χ1v) is 6.41. The van der Waals surface area contributed by atoms with Crippen LogP contribution in [-0.2, 0) is 0 Å². The molecule has 2 aromatic rings. The van der Waals surface area contributed by atoms with E-state index < -0.39 is 6.10 Å². The summed E-state index contributed by atoms with van der Waals surface area (Å²) in [7, 11) is 1.57. The first-order valence-electron chi connectivity index (χ1n) is 6.41. The summed E-state index contributed by atoms with van der Waals surface area (Å²) in [4.78, 5) is 0. The number of hydrogen-bond acceptors (Lipinski definition) is 3. The number of hydrogen-bond donors (Lipinski definition) is 1. The summed E-state index contributed by atoms with van der Waals surface area (Å²) < 4.78 is 24.9. The van der Waals surface area contributed by atoms with Crippen LogP contribution in [0.1, 0.15) is 17.2 Å². The third-order valence-electron chi connectivity index (χ3n) is 3.05. The molecule has 0 aliphatic carbocycles. The second-order valence-electron chi connectivity index (χ2n) is 4.52. The highest BCUT2D eigenvalue weighted by Crippen LogP contribution is 2.32. The van der Waals surface area contributed by atoms with Gasteiger partial charge in [0.15, 0.2) is 11.5 Å². The van der Waals surface area contributed by atoms with Crippen molar-refractivity contribution in [2.24, 2.45) is 5.73 Å². The van der Waals surface area contributed by atoms with Crippen molar-refractivity contribution in [3.63, 3.8) is 0 Å². The second-order valence-corrected chi connectivity index (χ2v) is 4.52. The lowest BCUT2D eigenvalue weighted by molar-refractivity contribution is 0.199. The molecule has 2 rings (SSSR count). The summed E-state index contributed by atoms with van der Waals surface area (Å²) in [5, 5.41) is 0. The highest BCUT2D eigenvalue weighted by molar-refractivity contribution is 5.43. The summed E-state index contributed by atoms with van der Waals surface area (Å²) in [6.07, 6.45) is -0.548. The van der Waals surface area contributed by atoms with Crippen molar-refractivity contribution in [3.8, 4) is 11.5 Å². The molecule has 106 valence electrons. The average Bonchev–Trinajstić information content (AvgIpc) is 2.47. The molecular weight excluding hydrogens is 257 g/mol. The Bertz CT molecular complexity index is 586. The van der Waals surface area contributed by atoms with E-state index in [-0.39, 0.29) is 12.4 Å². The molecule has 0 aromatic heterocycles. The van der Waals surface area contributed by atoms with Gasteiger partial charge in [0, 0.05) is 12.1 Å². The van der Waals surface area contributed by atoms with Gasteiger partial charge in [0.25, 0.3) is 0 Å². The molecule has 0 saturated carbocycles. The van der Waals surface area contributed by atoms with Crippen molar-refractivity contribution in [2.45, 2.75) is 13.0 Å². The molecule has 0 bridgehead atoms. The SMILES string of the molecule is COc1cc(C)ccc1OC(CN)c1ccccc1F. The van der Waals surface area contributed by atoms with Crippen LogP contribution in [0.25, 0.3) is 0 Å². The fraction of sp³-hybridized carbons (Fsp3) is 0.250. The van der Waals surface area contributed by atoms with Gasteiger partial charge in [-0.3, -0.25) is 0 Å². The number of methoxy groups -OCH3 is 1. The van der Waals surface area contributed by atoms with Crippen LogP contribution in [0.4, 0.5) is 4.39 Å². The van der Waals surface area contributed by atoms with Gasteiger partial charge in [-0.1, -0.05) is 24.3 Å². The van der Waals surface area contributed by atoms with Gasteiger partial charge in [0.1, 0.15) is 11.9 Å².